The molecule has 0 rings (SSSR count). The molecule has 0 N–H and O–H groups in total. The Labute approximate surface area is 112 Å². The molecule has 0 saturated carbocycles. The van der Waals surface area contributed by atoms with E-state index in [2.05, 4.69) is 6.92 Å². The molecule has 0 spiro atoms. The first-order valence-corrected chi connectivity index (χ1v) is 6.93. The van der Waals surface area contributed by atoms with Crippen LogP contribution in [-0.2, 0) is 18.9 Å². The number of ether oxygens (including phenoxy) is 4. The highest BCUT2D eigenvalue weighted by atomic mass is 16.6. The maximum Gasteiger partial charge on any atom is 0.0781 e. The minimum atomic E-state index is 0.0848. The Morgan fingerprint density at radius 2 is 1.28 bits per heavy atom. The van der Waals surface area contributed by atoms with Crippen LogP contribution < -0.4 is 0 Å². The van der Waals surface area contributed by atoms with E-state index in [1.807, 2.05) is 20.8 Å². The average molecular weight is 262 g/mol. The normalized spacial score (nSPS) is 16.5. The molecule has 3 unspecified atom stereocenters. The monoisotopic (exact) mass is 262 g/mol. The summed E-state index contributed by atoms with van der Waals surface area (Å²) in [6.45, 7) is 10.8. The molecule has 0 saturated heterocycles. The highest BCUT2D eigenvalue weighted by molar-refractivity contribution is 4.55. The van der Waals surface area contributed by atoms with Crippen LogP contribution >= 0.6 is 0 Å². The van der Waals surface area contributed by atoms with E-state index in [0.29, 0.717) is 19.8 Å². The Morgan fingerprint density at radius 1 is 0.778 bits per heavy atom. The van der Waals surface area contributed by atoms with E-state index >= 15 is 0 Å². The zero-order chi connectivity index (χ0) is 13.8. The van der Waals surface area contributed by atoms with Crippen molar-refractivity contribution < 1.29 is 18.9 Å². The third-order valence-electron chi connectivity index (χ3n) is 2.53. The van der Waals surface area contributed by atoms with Gasteiger partial charge in [0.1, 0.15) is 0 Å². The highest BCUT2D eigenvalue weighted by Gasteiger charge is 2.09. The zero-order valence-electron chi connectivity index (χ0n) is 12.6. The van der Waals surface area contributed by atoms with Crippen molar-refractivity contribution in [1.29, 1.82) is 0 Å². The van der Waals surface area contributed by atoms with Gasteiger partial charge in [-0.2, -0.15) is 0 Å². The lowest BCUT2D eigenvalue weighted by Crippen LogP contribution is -2.26. The second-order valence-electron chi connectivity index (χ2n) is 4.78. The number of unbranched alkanes of at least 4 members (excludes halogenated alkanes) is 1. The van der Waals surface area contributed by atoms with Crippen molar-refractivity contribution in [1.82, 2.24) is 0 Å². The number of hydrogen-bond acceptors (Lipinski definition) is 4. The van der Waals surface area contributed by atoms with Crippen LogP contribution in [0.25, 0.3) is 0 Å². The van der Waals surface area contributed by atoms with Crippen molar-refractivity contribution in [3.05, 3.63) is 0 Å². The van der Waals surface area contributed by atoms with Gasteiger partial charge in [0.15, 0.2) is 0 Å². The van der Waals surface area contributed by atoms with Crippen LogP contribution in [0.1, 0.15) is 40.5 Å². The van der Waals surface area contributed by atoms with Crippen molar-refractivity contribution in [3.8, 4) is 0 Å². The summed E-state index contributed by atoms with van der Waals surface area (Å²) in [5, 5.41) is 0. The minimum absolute atomic E-state index is 0.0848. The summed E-state index contributed by atoms with van der Waals surface area (Å²) in [6.07, 6.45) is 2.61. The lowest BCUT2D eigenvalue weighted by molar-refractivity contribution is -0.0770. The predicted octanol–water partition coefficient (Wildman–Crippen LogP) is 2.65. The molecule has 4 heteroatoms. The fraction of sp³-hybridized carbons (Fsp3) is 1.00. The van der Waals surface area contributed by atoms with Crippen LogP contribution in [0.3, 0.4) is 0 Å². The van der Waals surface area contributed by atoms with Gasteiger partial charge in [-0.1, -0.05) is 13.3 Å². The lowest BCUT2D eigenvalue weighted by atomic mass is 10.3. The molecule has 0 bridgehead atoms. The topological polar surface area (TPSA) is 36.9 Å². The predicted molar refractivity (Wildman–Crippen MR) is 73.0 cm³/mol. The minimum Gasteiger partial charge on any atom is -0.382 e. The summed E-state index contributed by atoms with van der Waals surface area (Å²) in [5.74, 6) is 0. The summed E-state index contributed by atoms with van der Waals surface area (Å²) in [4.78, 5) is 0. The molecule has 4 nitrogen and oxygen atoms in total. The quantitative estimate of drug-likeness (QED) is 0.507. The third kappa shape index (κ3) is 11.0. The van der Waals surface area contributed by atoms with Crippen molar-refractivity contribution in [2.24, 2.45) is 0 Å². The molecule has 110 valence electrons. The second-order valence-corrected chi connectivity index (χ2v) is 4.78. The Balaban J connectivity index is 3.47. The highest BCUT2D eigenvalue weighted by Crippen LogP contribution is 2.01. The second kappa shape index (κ2) is 11.9. The van der Waals surface area contributed by atoms with Gasteiger partial charge in [0.25, 0.3) is 0 Å². The third-order valence-corrected chi connectivity index (χ3v) is 2.53. The van der Waals surface area contributed by atoms with Gasteiger partial charge in [-0.3, -0.25) is 0 Å². The van der Waals surface area contributed by atoms with Crippen molar-refractivity contribution in [2.45, 2.75) is 58.8 Å². The molecule has 0 aliphatic rings. The van der Waals surface area contributed by atoms with Gasteiger partial charge >= 0.3 is 0 Å². The fourth-order valence-electron chi connectivity index (χ4n) is 1.41. The maximum atomic E-state index is 5.67. The molecule has 0 aromatic rings. The van der Waals surface area contributed by atoms with E-state index in [-0.39, 0.29) is 18.3 Å². The average Bonchev–Trinajstić information content (AvgIpc) is 2.34. The van der Waals surface area contributed by atoms with Gasteiger partial charge in [0.2, 0.25) is 0 Å². The molecule has 0 aromatic heterocycles. The Morgan fingerprint density at radius 3 is 1.78 bits per heavy atom. The van der Waals surface area contributed by atoms with Crippen LogP contribution in [0.5, 0.6) is 0 Å². The van der Waals surface area contributed by atoms with E-state index in [4.69, 9.17) is 18.9 Å². The largest absolute Gasteiger partial charge is 0.382 e. The summed E-state index contributed by atoms with van der Waals surface area (Å²) in [5.41, 5.74) is 0. The first-order chi connectivity index (χ1) is 8.60. The van der Waals surface area contributed by atoms with Crippen molar-refractivity contribution in [3.63, 3.8) is 0 Å². The Kier molecular flexibility index (Phi) is 11.8. The summed E-state index contributed by atoms with van der Waals surface area (Å²) < 4.78 is 21.9. The van der Waals surface area contributed by atoms with E-state index in [1.165, 1.54) is 0 Å². The number of hydrogen-bond donors (Lipinski definition) is 0. The molecule has 0 aliphatic heterocycles. The maximum absolute atomic E-state index is 5.67. The molecule has 3 atom stereocenters. The van der Waals surface area contributed by atoms with Gasteiger partial charge in [-0.15, -0.1) is 0 Å². The summed E-state index contributed by atoms with van der Waals surface area (Å²) in [7, 11) is 1.68. The number of rotatable bonds is 12. The van der Waals surface area contributed by atoms with Crippen molar-refractivity contribution >= 4 is 0 Å². The first kappa shape index (κ1) is 17.8. The molecular weight excluding hydrogens is 232 g/mol. The van der Waals surface area contributed by atoms with E-state index in [9.17, 15) is 0 Å². The molecule has 0 aliphatic carbocycles. The molecule has 0 heterocycles. The molecule has 18 heavy (non-hydrogen) atoms. The van der Waals surface area contributed by atoms with Crippen LogP contribution in [0.15, 0.2) is 0 Å². The van der Waals surface area contributed by atoms with Gasteiger partial charge in [-0.05, 0) is 27.2 Å². The van der Waals surface area contributed by atoms with Crippen LogP contribution in [0.4, 0.5) is 0 Å². The lowest BCUT2D eigenvalue weighted by Gasteiger charge is -2.19. The van der Waals surface area contributed by atoms with E-state index < -0.39 is 0 Å². The smallest absolute Gasteiger partial charge is 0.0781 e. The van der Waals surface area contributed by atoms with E-state index in [0.717, 1.165) is 19.4 Å². The van der Waals surface area contributed by atoms with Gasteiger partial charge in [-0.25, -0.2) is 0 Å². The van der Waals surface area contributed by atoms with Gasteiger partial charge in [0.05, 0.1) is 38.1 Å². The van der Waals surface area contributed by atoms with Gasteiger partial charge in [0, 0.05) is 13.7 Å². The van der Waals surface area contributed by atoms with Crippen molar-refractivity contribution in [2.75, 3.05) is 33.5 Å². The standard InChI is InChI=1S/C14H30O4/c1-6-7-8-16-13(3)10-18-14(4)11-17-12(2)9-15-5/h12-14H,6-11H2,1-5H3. The van der Waals surface area contributed by atoms with E-state index in [1.54, 1.807) is 7.11 Å². The molecule has 0 amide bonds. The number of methoxy groups -OCH3 is 1. The Bertz CT molecular complexity index is 175. The molecule has 0 fully saturated rings. The molecule has 0 radical (unpaired) electrons. The zero-order valence-corrected chi connectivity index (χ0v) is 12.6. The summed E-state index contributed by atoms with van der Waals surface area (Å²) in [6, 6.07) is 0. The molecular formula is C14H30O4. The van der Waals surface area contributed by atoms with Crippen LogP contribution in [-0.4, -0.2) is 51.8 Å². The summed E-state index contributed by atoms with van der Waals surface area (Å²) >= 11 is 0. The SMILES string of the molecule is CCCCOC(C)COC(C)COC(C)COC. The van der Waals surface area contributed by atoms with Crippen LogP contribution in [0.2, 0.25) is 0 Å². The molecule has 0 aromatic carbocycles. The first-order valence-electron chi connectivity index (χ1n) is 6.93. The Hall–Kier alpha value is -0.160. The van der Waals surface area contributed by atoms with Gasteiger partial charge < -0.3 is 18.9 Å². The van der Waals surface area contributed by atoms with Crippen LogP contribution in [0, 0.1) is 0 Å². The fourth-order valence-corrected chi connectivity index (χ4v) is 1.41.